The van der Waals surface area contributed by atoms with E-state index in [4.69, 9.17) is 23.2 Å². The van der Waals surface area contributed by atoms with Gasteiger partial charge in [-0.05, 0) is 48.4 Å². The molecule has 1 saturated heterocycles. The topological polar surface area (TPSA) is 54.5 Å². The van der Waals surface area contributed by atoms with Gasteiger partial charge in [0.25, 0.3) is 0 Å². The molecule has 3 atom stereocenters. The van der Waals surface area contributed by atoms with E-state index in [0.717, 1.165) is 11.3 Å². The SMILES string of the molecule is CC(=O)[C@@H]1[C@@H](c2cccc(Cl)c2)C2(C(=O)c3ccccc3C2=O)C2C=Cc3cc(Cl)ccc3N21. The lowest BCUT2D eigenvalue weighted by molar-refractivity contribution is -0.118. The molecular weight excluding hydrogens is 469 g/mol. The van der Waals surface area contributed by atoms with Crippen LogP contribution in [0.2, 0.25) is 10.0 Å². The van der Waals surface area contributed by atoms with Gasteiger partial charge in [0.15, 0.2) is 17.3 Å². The molecule has 3 aromatic carbocycles. The van der Waals surface area contributed by atoms with Crippen molar-refractivity contribution in [2.24, 2.45) is 5.41 Å². The molecule has 6 rings (SSSR count). The fraction of sp³-hybridized carbons (Fsp3) is 0.179. The molecule has 3 aliphatic rings. The van der Waals surface area contributed by atoms with E-state index in [1.165, 1.54) is 6.92 Å². The van der Waals surface area contributed by atoms with Crippen molar-refractivity contribution in [3.05, 3.63) is 105 Å². The van der Waals surface area contributed by atoms with Gasteiger partial charge in [0.1, 0.15) is 5.41 Å². The van der Waals surface area contributed by atoms with Crippen LogP contribution in [0.25, 0.3) is 6.08 Å². The van der Waals surface area contributed by atoms with Crippen molar-refractivity contribution in [2.45, 2.75) is 24.9 Å². The second-order valence-electron chi connectivity index (χ2n) is 9.08. The number of ketones is 3. The summed E-state index contributed by atoms with van der Waals surface area (Å²) in [5, 5.41) is 1.06. The van der Waals surface area contributed by atoms with Crippen LogP contribution in [0, 0.1) is 5.41 Å². The quantitative estimate of drug-likeness (QED) is 0.415. The summed E-state index contributed by atoms with van der Waals surface area (Å²) >= 11 is 12.6. The predicted molar refractivity (Wildman–Crippen MR) is 133 cm³/mol. The van der Waals surface area contributed by atoms with Gasteiger partial charge in [-0.3, -0.25) is 14.4 Å². The third kappa shape index (κ3) is 2.64. The van der Waals surface area contributed by atoms with Gasteiger partial charge in [-0.15, -0.1) is 0 Å². The van der Waals surface area contributed by atoms with E-state index < -0.39 is 23.4 Å². The van der Waals surface area contributed by atoms with E-state index in [1.807, 2.05) is 35.3 Å². The van der Waals surface area contributed by atoms with Crippen molar-refractivity contribution in [2.75, 3.05) is 4.90 Å². The van der Waals surface area contributed by atoms with Gasteiger partial charge in [0, 0.05) is 32.8 Å². The lowest BCUT2D eigenvalue weighted by Crippen LogP contribution is -2.48. The first-order chi connectivity index (χ1) is 16.4. The van der Waals surface area contributed by atoms with Gasteiger partial charge >= 0.3 is 0 Å². The Balaban J connectivity index is 1.69. The summed E-state index contributed by atoms with van der Waals surface area (Å²) in [6.45, 7) is 1.52. The van der Waals surface area contributed by atoms with Gasteiger partial charge in [-0.1, -0.05) is 71.8 Å². The summed E-state index contributed by atoms with van der Waals surface area (Å²) in [5.41, 5.74) is 1.63. The summed E-state index contributed by atoms with van der Waals surface area (Å²) in [5.74, 6) is -1.34. The summed E-state index contributed by atoms with van der Waals surface area (Å²) in [7, 11) is 0. The number of Topliss-reactive ketones (excluding diaryl/α,β-unsaturated/α-hetero) is 3. The van der Waals surface area contributed by atoms with E-state index in [2.05, 4.69) is 0 Å². The molecule has 0 radical (unpaired) electrons. The number of hydrogen-bond acceptors (Lipinski definition) is 4. The zero-order valence-corrected chi connectivity index (χ0v) is 19.7. The van der Waals surface area contributed by atoms with E-state index in [0.29, 0.717) is 26.7 Å². The molecule has 0 N–H and O–H groups in total. The highest BCUT2D eigenvalue weighted by atomic mass is 35.5. The number of carbonyl (C=O) groups is 3. The molecule has 0 aromatic heterocycles. The maximum Gasteiger partial charge on any atom is 0.180 e. The molecule has 1 spiro atoms. The fourth-order valence-electron chi connectivity index (χ4n) is 6.17. The molecule has 2 heterocycles. The Labute approximate surface area is 206 Å². The van der Waals surface area contributed by atoms with Crippen molar-refractivity contribution < 1.29 is 14.4 Å². The van der Waals surface area contributed by atoms with Crippen molar-refractivity contribution >= 4 is 52.3 Å². The Morgan fingerprint density at radius 2 is 1.56 bits per heavy atom. The average Bonchev–Trinajstić information content (AvgIpc) is 3.26. The number of benzene rings is 3. The number of rotatable bonds is 2. The molecule has 0 bridgehead atoms. The summed E-state index contributed by atoms with van der Waals surface area (Å²) in [4.78, 5) is 43.8. The summed E-state index contributed by atoms with van der Waals surface area (Å²) in [6.07, 6.45) is 3.77. The monoisotopic (exact) mass is 487 g/mol. The second-order valence-corrected chi connectivity index (χ2v) is 9.95. The van der Waals surface area contributed by atoms with Crippen LogP contribution in [0.1, 0.15) is 44.7 Å². The molecule has 0 amide bonds. The minimum absolute atomic E-state index is 0.125. The van der Waals surface area contributed by atoms with Crippen LogP contribution in [0.3, 0.4) is 0 Å². The van der Waals surface area contributed by atoms with E-state index in [-0.39, 0.29) is 17.3 Å². The van der Waals surface area contributed by atoms with E-state index >= 15 is 0 Å². The minimum Gasteiger partial charge on any atom is -0.352 e. The average molecular weight is 488 g/mol. The van der Waals surface area contributed by atoms with Crippen LogP contribution in [0.15, 0.2) is 72.8 Å². The van der Waals surface area contributed by atoms with Crippen molar-refractivity contribution in [1.82, 2.24) is 0 Å². The lowest BCUT2D eigenvalue weighted by Gasteiger charge is -2.37. The smallest absolute Gasteiger partial charge is 0.180 e. The first-order valence-corrected chi connectivity index (χ1v) is 11.8. The Bertz CT molecular complexity index is 1410. The first-order valence-electron chi connectivity index (χ1n) is 11.1. The highest BCUT2D eigenvalue weighted by Crippen LogP contribution is 2.60. The fourth-order valence-corrected chi connectivity index (χ4v) is 6.55. The van der Waals surface area contributed by atoms with Crippen LogP contribution in [-0.2, 0) is 4.79 Å². The lowest BCUT2D eigenvalue weighted by atomic mass is 9.64. The maximum absolute atomic E-state index is 14.2. The number of hydrogen-bond donors (Lipinski definition) is 0. The van der Waals surface area contributed by atoms with Gasteiger partial charge in [-0.2, -0.15) is 0 Å². The molecular formula is C28H19Cl2NO3. The van der Waals surface area contributed by atoms with Gasteiger partial charge in [-0.25, -0.2) is 0 Å². The zero-order valence-electron chi connectivity index (χ0n) is 18.2. The molecule has 6 heteroatoms. The molecule has 1 fully saturated rings. The maximum atomic E-state index is 14.2. The molecule has 34 heavy (non-hydrogen) atoms. The first kappa shape index (κ1) is 21.3. The van der Waals surface area contributed by atoms with Crippen molar-refractivity contribution in [1.29, 1.82) is 0 Å². The number of nitrogens with zero attached hydrogens (tertiary/aromatic N) is 1. The normalized spacial score (nSPS) is 23.7. The van der Waals surface area contributed by atoms with Gasteiger partial charge in [0.05, 0.1) is 12.1 Å². The molecule has 3 aromatic rings. The molecule has 1 aliphatic carbocycles. The molecule has 1 unspecified atom stereocenters. The third-order valence-corrected chi connectivity index (χ3v) is 7.86. The Kier molecular flexibility index (Phi) is 4.64. The van der Waals surface area contributed by atoms with Crippen LogP contribution < -0.4 is 4.90 Å². The van der Waals surface area contributed by atoms with Gasteiger partial charge in [0.2, 0.25) is 0 Å². The van der Waals surface area contributed by atoms with Crippen molar-refractivity contribution in [3.8, 4) is 0 Å². The summed E-state index contributed by atoms with van der Waals surface area (Å²) in [6, 6.07) is 18.1. The van der Waals surface area contributed by atoms with Gasteiger partial charge < -0.3 is 4.90 Å². The Morgan fingerprint density at radius 3 is 2.21 bits per heavy atom. The number of carbonyl (C=O) groups excluding carboxylic acids is 3. The molecule has 168 valence electrons. The predicted octanol–water partition coefficient (Wildman–Crippen LogP) is 6.02. The van der Waals surface area contributed by atoms with E-state index in [9.17, 15) is 14.4 Å². The highest BCUT2D eigenvalue weighted by Gasteiger charge is 2.71. The largest absolute Gasteiger partial charge is 0.352 e. The third-order valence-electron chi connectivity index (χ3n) is 7.39. The summed E-state index contributed by atoms with van der Waals surface area (Å²) < 4.78 is 0. The number of fused-ring (bicyclic) bond motifs is 5. The number of halogens is 2. The van der Waals surface area contributed by atoms with Crippen molar-refractivity contribution in [3.63, 3.8) is 0 Å². The van der Waals surface area contributed by atoms with E-state index in [1.54, 1.807) is 48.5 Å². The minimum atomic E-state index is -1.49. The molecule has 0 saturated carbocycles. The highest BCUT2D eigenvalue weighted by molar-refractivity contribution is 6.33. The second kappa shape index (κ2) is 7.39. The van der Waals surface area contributed by atoms with Crippen LogP contribution in [0.5, 0.6) is 0 Å². The Hall–Kier alpha value is -3.21. The zero-order chi connectivity index (χ0) is 23.8. The molecule has 4 nitrogen and oxygen atoms in total. The Morgan fingerprint density at radius 1 is 0.882 bits per heavy atom. The standard InChI is InChI=1S/C28H19Cl2NO3/c1-15(32)25-24(17-5-4-6-18(29)14-17)28(26(33)20-7-2-3-8-21(20)27(28)34)23-12-9-16-13-19(30)10-11-22(16)31(23)25/h2-14,23-25H,1H3/t23?,24-,25-/m1/s1. The van der Waals surface area contributed by atoms with Crippen LogP contribution in [0.4, 0.5) is 5.69 Å². The number of anilines is 1. The van der Waals surface area contributed by atoms with Crippen LogP contribution >= 0.6 is 23.2 Å². The molecule has 2 aliphatic heterocycles. The van der Waals surface area contributed by atoms with Crippen LogP contribution in [-0.4, -0.2) is 29.4 Å².